The van der Waals surface area contributed by atoms with E-state index in [1.54, 1.807) is 0 Å². The van der Waals surface area contributed by atoms with Crippen molar-refractivity contribution in [1.82, 2.24) is 10.2 Å². The number of likely N-dealkylation sites (tertiary alicyclic amines) is 1. The minimum Gasteiger partial charge on any atom is -0.393 e. The summed E-state index contributed by atoms with van der Waals surface area (Å²) in [5.41, 5.74) is 0. The average molecular weight is 226 g/mol. The topological polar surface area (TPSA) is 52.6 Å². The van der Waals surface area contributed by atoms with Crippen LogP contribution in [-0.4, -0.2) is 48.2 Å². The van der Waals surface area contributed by atoms with Crippen molar-refractivity contribution < 1.29 is 9.90 Å². The summed E-state index contributed by atoms with van der Waals surface area (Å²) in [6, 6.07) is 0. The zero-order valence-corrected chi connectivity index (χ0v) is 9.98. The Morgan fingerprint density at radius 1 is 1.50 bits per heavy atom. The summed E-state index contributed by atoms with van der Waals surface area (Å²) < 4.78 is 0. The van der Waals surface area contributed by atoms with Crippen molar-refractivity contribution in [3.05, 3.63) is 0 Å². The van der Waals surface area contributed by atoms with Crippen LogP contribution >= 0.6 is 0 Å². The molecular weight excluding hydrogens is 204 g/mol. The van der Waals surface area contributed by atoms with Gasteiger partial charge in [0.2, 0.25) is 5.91 Å². The highest BCUT2D eigenvalue weighted by Crippen LogP contribution is 2.22. The minimum atomic E-state index is -0.212. The normalized spacial score (nSPS) is 35.4. The number of rotatable bonds is 2. The highest BCUT2D eigenvalue weighted by molar-refractivity contribution is 5.79. The molecule has 2 rings (SSSR count). The largest absolute Gasteiger partial charge is 0.393 e. The summed E-state index contributed by atoms with van der Waals surface area (Å²) in [6.07, 6.45) is 2.45. The van der Waals surface area contributed by atoms with Gasteiger partial charge < -0.3 is 15.3 Å². The first-order valence-electron chi connectivity index (χ1n) is 6.40. The van der Waals surface area contributed by atoms with Crippen LogP contribution in [0.4, 0.5) is 0 Å². The number of nitrogens with one attached hydrogen (secondary N) is 1. The molecule has 0 radical (unpaired) electrons. The summed E-state index contributed by atoms with van der Waals surface area (Å²) in [5.74, 6) is 0.732. The number of hydrogen-bond acceptors (Lipinski definition) is 3. The minimum absolute atomic E-state index is 0.174. The van der Waals surface area contributed by atoms with Gasteiger partial charge in [0.15, 0.2) is 0 Å². The second kappa shape index (κ2) is 5.15. The SMILES string of the molecule is CC[C@@H]1CN(C(=O)[C@H]2CCNC2)CC[C@H]1O. The fourth-order valence-corrected chi connectivity index (χ4v) is 2.74. The Morgan fingerprint density at radius 3 is 2.94 bits per heavy atom. The molecule has 0 spiro atoms. The van der Waals surface area contributed by atoms with Crippen molar-refractivity contribution in [1.29, 1.82) is 0 Å². The van der Waals surface area contributed by atoms with Crippen LogP contribution < -0.4 is 5.32 Å². The van der Waals surface area contributed by atoms with Crippen molar-refractivity contribution in [2.24, 2.45) is 11.8 Å². The quantitative estimate of drug-likeness (QED) is 0.708. The number of carbonyl (C=O) groups is 1. The number of hydrogen-bond donors (Lipinski definition) is 2. The number of amides is 1. The first kappa shape index (κ1) is 11.9. The maximum atomic E-state index is 12.2. The monoisotopic (exact) mass is 226 g/mol. The molecule has 2 fully saturated rings. The van der Waals surface area contributed by atoms with Gasteiger partial charge in [0.1, 0.15) is 0 Å². The Balaban J connectivity index is 1.91. The lowest BCUT2D eigenvalue weighted by atomic mass is 9.91. The third-order valence-corrected chi connectivity index (χ3v) is 3.94. The second-order valence-electron chi connectivity index (χ2n) is 5.00. The molecule has 2 heterocycles. The van der Waals surface area contributed by atoms with E-state index in [-0.39, 0.29) is 23.8 Å². The van der Waals surface area contributed by atoms with E-state index >= 15 is 0 Å². The molecule has 92 valence electrons. The summed E-state index contributed by atoms with van der Waals surface area (Å²) >= 11 is 0. The van der Waals surface area contributed by atoms with Gasteiger partial charge in [-0.25, -0.2) is 0 Å². The van der Waals surface area contributed by atoms with E-state index in [2.05, 4.69) is 12.2 Å². The van der Waals surface area contributed by atoms with E-state index in [0.717, 1.165) is 45.4 Å². The molecule has 2 saturated heterocycles. The van der Waals surface area contributed by atoms with Gasteiger partial charge in [0.05, 0.1) is 12.0 Å². The van der Waals surface area contributed by atoms with E-state index in [1.807, 2.05) is 4.90 Å². The first-order chi connectivity index (χ1) is 7.72. The predicted molar refractivity (Wildman–Crippen MR) is 62.0 cm³/mol. The van der Waals surface area contributed by atoms with Crippen LogP contribution in [0.2, 0.25) is 0 Å². The number of carbonyl (C=O) groups excluding carboxylic acids is 1. The van der Waals surface area contributed by atoms with Gasteiger partial charge in [-0.05, 0) is 25.8 Å². The van der Waals surface area contributed by atoms with E-state index in [9.17, 15) is 9.90 Å². The number of piperidine rings is 1. The molecule has 2 aliphatic rings. The fraction of sp³-hybridized carbons (Fsp3) is 0.917. The highest BCUT2D eigenvalue weighted by atomic mass is 16.3. The summed E-state index contributed by atoms with van der Waals surface area (Å²) in [5, 5.41) is 13.0. The van der Waals surface area contributed by atoms with Gasteiger partial charge in [0, 0.05) is 25.6 Å². The average Bonchev–Trinajstić information content (AvgIpc) is 2.82. The van der Waals surface area contributed by atoms with Crippen molar-refractivity contribution in [3.8, 4) is 0 Å². The van der Waals surface area contributed by atoms with Crippen molar-refractivity contribution in [2.75, 3.05) is 26.2 Å². The van der Waals surface area contributed by atoms with Crippen molar-refractivity contribution in [3.63, 3.8) is 0 Å². The highest BCUT2D eigenvalue weighted by Gasteiger charge is 2.33. The summed E-state index contributed by atoms with van der Waals surface area (Å²) in [4.78, 5) is 14.1. The van der Waals surface area contributed by atoms with E-state index in [1.165, 1.54) is 0 Å². The third kappa shape index (κ3) is 2.38. The van der Waals surface area contributed by atoms with E-state index in [0.29, 0.717) is 0 Å². The van der Waals surface area contributed by atoms with Gasteiger partial charge >= 0.3 is 0 Å². The molecule has 0 bridgehead atoms. The van der Waals surface area contributed by atoms with Crippen LogP contribution in [0.5, 0.6) is 0 Å². The smallest absolute Gasteiger partial charge is 0.227 e. The molecule has 0 aromatic rings. The van der Waals surface area contributed by atoms with Crippen LogP contribution in [0.1, 0.15) is 26.2 Å². The molecule has 4 heteroatoms. The maximum Gasteiger partial charge on any atom is 0.227 e. The Hall–Kier alpha value is -0.610. The number of aliphatic hydroxyl groups excluding tert-OH is 1. The van der Waals surface area contributed by atoms with Gasteiger partial charge in [0.25, 0.3) is 0 Å². The van der Waals surface area contributed by atoms with E-state index < -0.39 is 0 Å². The molecule has 16 heavy (non-hydrogen) atoms. The number of nitrogens with zero attached hydrogens (tertiary/aromatic N) is 1. The molecule has 0 aromatic heterocycles. The zero-order chi connectivity index (χ0) is 11.5. The first-order valence-corrected chi connectivity index (χ1v) is 6.40. The Bertz CT molecular complexity index is 251. The molecule has 4 nitrogen and oxygen atoms in total. The lowest BCUT2D eigenvalue weighted by molar-refractivity contribution is -0.138. The van der Waals surface area contributed by atoms with Crippen molar-refractivity contribution >= 4 is 5.91 Å². The van der Waals surface area contributed by atoms with E-state index in [4.69, 9.17) is 0 Å². The van der Waals surface area contributed by atoms with Gasteiger partial charge in [-0.2, -0.15) is 0 Å². The van der Waals surface area contributed by atoms with Gasteiger partial charge in [-0.3, -0.25) is 4.79 Å². The fourth-order valence-electron chi connectivity index (χ4n) is 2.74. The Kier molecular flexibility index (Phi) is 3.82. The van der Waals surface area contributed by atoms with Gasteiger partial charge in [-0.15, -0.1) is 0 Å². The lowest BCUT2D eigenvalue weighted by Crippen LogP contribution is -2.48. The molecule has 0 aromatic carbocycles. The Morgan fingerprint density at radius 2 is 2.31 bits per heavy atom. The summed E-state index contributed by atoms with van der Waals surface area (Å²) in [7, 11) is 0. The standard InChI is InChI=1S/C12H22N2O2/c1-2-9-8-14(6-4-11(9)15)12(16)10-3-5-13-7-10/h9-11,13,15H,2-8H2,1H3/t9-,10+,11-/m1/s1. The molecule has 3 atom stereocenters. The lowest BCUT2D eigenvalue weighted by Gasteiger charge is -2.37. The number of aliphatic hydroxyl groups is 1. The molecule has 2 aliphatic heterocycles. The van der Waals surface area contributed by atoms with Crippen LogP contribution in [0.15, 0.2) is 0 Å². The molecule has 1 amide bonds. The van der Waals surface area contributed by atoms with Crippen LogP contribution in [-0.2, 0) is 4.79 Å². The van der Waals surface area contributed by atoms with Crippen LogP contribution in [0.3, 0.4) is 0 Å². The van der Waals surface area contributed by atoms with Crippen molar-refractivity contribution in [2.45, 2.75) is 32.3 Å². The van der Waals surface area contributed by atoms with Gasteiger partial charge in [-0.1, -0.05) is 6.92 Å². The van der Waals surface area contributed by atoms with Crippen LogP contribution in [0, 0.1) is 11.8 Å². The Labute approximate surface area is 97.0 Å². The molecule has 0 saturated carbocycles. The predicted octanol–water partition coefficient (Wildman–Crippen LogP) is 0.215. The summed E-state index contributed by atoms with van der Waals surface area (Å²) in [6.45, 7) is 5.34. The zero-order valence-electron chi connectivity index (χ0n) is 9.98. The molecule has 0 unspecified atom stereocenters. The maximum absolute atomic E-state index is 12.2. The molecule has 2 N–H and O–H groups in total. The molecular formula is C12H22N2O2. The molecule has 0 aliphatic carbocycles. The van der Waals surface area contributed by atoms with Crippen LogP contribution in [0.25, 0.3) is 0 Å². The third-order valence-electron chi connectivity index (χ3n) is 3.94. The second-order valence-corrected chi connectivity index (χ2v) is 5.00.